The van der Waals surface area contributed by atoms with Crippen molar-refractivity contribution in [2.45, 2.75) is 45.4 Å². The summed E-state index contributed by atoms with van der Waals surface area (Å²) in [5.41, 5.74) is 0. The lowest BCUT2D eigenvalue weighted by Crippen LogP contribution is -2.17. The molecule has 2 heteroatoms. The number of hydrogen-bond donors (Lipinski definition) is 1. The van der Waals surface area contributed by atoms with Gasteiger partial charge in [0.15, 0.2) is 0 Å². The van der Waals surface area contributed by atoms with Crippen molar-refractivity contribution in [2.75, 3.05) is 19.7 Å². The van der Waals surface area contributed by atoms with Gasteiger partial charge in [-0.3, -0.25) is 0 Å². The molecule has 0 aromatic rings. The van der Waals surface area contributed by atoms with Crippen LogP contribution in [0.3, 0.4) is 0 Å². The first-order valence-electron chi connectivity index (χ1n) is 5.85. The molecule has 0 unspecified atom stereocenters. The third kappa shape index (κ3) is 11.5. The molecule has 0 aromatic heterocycles. The Hall–Kier alpha value is -0.500. The van der Waals surface area contributed by atoms with Crippen molar-refractivity contribution in [1.29, 1.82) is 0 Å². The van der Waals surface area contributed by atoms with E-state index in [4.69, 9.17) is 4.74 Å². The molecule has 0 heterocycles. The first kappa shape index (κ1) is 13.5. The maximum absolute atomic E-state index is 5.02. The summed E-state index contributed by atoms with van der Waals surface area (Å²) in [7, 11) is 0. The molecule has 0 saturated heterocycles. The van der Waals surface area contributed by atoms with Crippen LogP contribution >= 0.6 is 0 Å². The summed E-state index contributed by atoms with van der Waals surface area (Å²) in [5.74, 6) is 0. The van der Waals surface area contributed by atoms with Crippen LogP contribution in [0.25, 0.3) is 0 Å². The minimum Gasteiger partial charge on any atom is -0.502 e. The Bertz CT molecular complexity index is 115. The molecule has 0 rings (SSSR count). The van der Waals surface area contributed by atoms with Gasteiger partial charge in [0.2, 0.25) is 0 Å². The molecule has 1 N–H and O–H groups in total. The average Bonchev–Trinajstić information content (AvgIpc) is 2.21. The minimum atomic E-state index is 0.784. The molecule has 0 fully saturated rings. The number of unbranched alkanes of at least 4 members (excludes halogenated alkanes) is 4. The van der Waals surface area contributed by atoms with Crippen LogP contribution in [0.4, 0.5) is 0 Å². The monoisotopic (exact) mass is 199 g/mol. The van der Waals surface area contributed by atoms with Gasteiger partial charge in [-0.05, 0) is 25.9 Å². The third-order valence-corrected chi connectivity index (χ3v) is 2.19. The fourth-order valence-corrected chi connectivity index (χ4v) is 1.34. The molecular weight excluding hydrogens is 174 g/mol. The quantitative estimate of drug-likeness (QED) is 0.408. The van der Waals surface area contributed by atoms with Crippen molar-refractivity contribution in [3.05, 3.63) is 12.8 Å². The van der Waals surface area contributed by atoms with Gasteiger partial charge in [-0.1, -0.05) is 39.2 Å². The van der Waals surface area contributed by atoms with E-state index < -0.39 is 0 Å². The van der Waals surface area contributed by atoms with Gasteiger partial charge < -0.3 is 10.1 Å². The Morgan fingerprint density at radius 1 is 1.07 bits per heavy atom. The van der Waals surface area contributed by atoms with Gasteiger partial charge in [0, 0.05) is 0 Å². The van der Waals surface area contributed by atoms with Crippen molar-refractivity contribution < 1.29 is 4.74 Å². The second kappa shape index (κ2) is 12.5. The van der Waals surface area contributed by atoms with Gasteiger partial charge in [-0.15, -0.1) is 0 Å². The van der Waals surface area contributed by atoms with Crippen LogP contribution in [-0.4, -0.2) is 19.7 Å². The van der Waals surface area contributed by atoms with Crippen LogP contribution in [0, 0.1) is 0 Å². The van der Waals surface area contributed by atoms with E-state index in [0.717, 1.165) is 26.1 Å². The van der Waals surface area contributed by atoms with Gasteiger partial charge in [0.05, 0.1) is 12.9 Å². The van der Waals surface area contributed by atoms with E-state index in [-0.39, 0.29) is 0 Å². The van der Waals surface area contributed by atoms with E-state index in [1.807, 2.05) is 0 Å². The summed E-state index contributed by atoms with van der Waals surface area (Å²) in [6.45, 7) is 8.73. The van der Waals surface area contributed by atoms with Crippen molar-refractivity contribution in [1.82, 2.24) is 5.32 Å². The van der Waals surface area contributed by atoms with E-state index in [9.17, 15) is 0 Å². The Kier molecular flexibility index (Phi) is 12.1. The van der Waals surface area contributed by atoms with Gasteiger partial charge in [-0.25, -0.2) is 0 Å². The largest absolute Gasteiger partial charge is 0.502 e. The Labute approximate surface area is 88.7 Å². The third-order valence-electron chi connectivity index (χ3n) is 2.19. The number of nitrogens with one attached hydrogen (secondary N) is 1. The molecule has 0 spiro atoms. The van der Waals surface area contributed by atoms with Gasteiger partial charge >= 0.3 is 0 Å². The van der Waals surface area contributed by atoms with Gasteiger partial charge in [-0.2, -0.15) is 0 Å². The fourth-order valence-electron chi connectivity index (χ4n) is 1.34. The molecule has 0 aliphatic heterocycles. The first-order chi connectivity index (χ1) is 6.91. The van der Waals surface area contributed by atoms with Crippen molar-refractivity contribution in [3.63, 3.8) is 0 Å². The average molecular weight is 199 g/mol. The highest BCUT2D eigenvalue weighted by molar-refractivity contribution is 4.52. The molecule has 0 aliphatic rings. The minimum absolute atomic E-state index is 0.784. The van der Waals surface area contributed by atoms with E-state index in [2.05, 4.69) is 18.8 Å². The maximum Gasteiger partial charge on any atom is 0.0885 e. The number of hydrogen-bond acceptors (Lipinski definition) is 2. The van der Waals surface area contributed by atoms with Crippen LogP contribution in [0.5, 0.6) is 0 Å². The van der Waals surface area contributed by atoms with E-state index >= 15 is 0 Å². The zero-order valence-corrected chi connectivity index (χ0v) is 9.56. The highest BCUT2D eigenvalue weighted by Crippen LogP contribution is 2.00. The second-order valence-electron chi connectivity index (χ2n) is 3.56. The normalized spacial score (nSPS) is 10.1. The predicted molar refractivity (Wildman–Crippen MR) is 62.4 cm³/mol. The Morgan fingerprint density at radius 3 is 2.50 bits per heavy atom. The zero-order valence-electron chi connectivity index (χ0n) is 9.56. The van der Waals surface area contributed by atoms with E-state index in [1.54, 1.807) is 0 Å². The topological polar surface area (TPSA) is 21.3 Å². The Balaban J connectivity index is 2.81. The summed E-state index contributed by atoms with van der Waals surface area (Å²) in [6.07, 6.45) is 9.34. The molecular formula is C12H25NO. The first-order valence-corrected chi connectivity index (χ1v) is 5.85. The summed E-state index contributed by atoms with van der Waals surface area (Å²) >= 11 is 0. The molecule has 0 bridgehead atoms. The molecule has 0 atom stereocenters. The summed E-state index contributed by atoms with van der Waals surface area (Å²) < 4.78 is 5.02. The predicted octanol–water partition coefficient (Wildman–Crippen LogP) is 3.10. The molecule has 0 aliphatic carbocycles. The molecule has 0 aromatic carbocycles. The number of ether oxygens (including phenoxy) is 1. The van der Waals surface area contributed by atoms with Crippen molar-refractivity contribution >= 4 is 0 Å². The SMILES string of the molecule is C=COCCCNCCCCCCC. The fraction of sp³-hybridized carbons (Fsp3) is 0.833. The summed E-state index contributed by atoms with van der Waals surface area (Å²) in [5, 5.41) is 3.41. The van der Waals surface area contributed by atoms with Gasteiger partial charge in [0.1, 0.15) is 0 Å². The van der Waals surface area contributed by atoms with Crippen LogP contribution < -0.4 is 5.32 Å². The van der Waals surface area contributed by atoms with Crippen LogP contribution in [0.2, 0.25) is 0 Å². The molecule has 0 radical (unpaired) electrons. The van der Waals surface area contributed by atoms with E-state index in [1.165, 1.54) is 38.4 Å². The number of rotatable bonds is 11. The van der Waals surface area contributed by atoms with Crippen molar-refractivity contribution in [2.24, 2.45) is 0 Å². The van der Waals surface area contributed by atoms with Crippen LogP contribution in [0.1, 0.15) is 45.4 Å². The molecule has 84 valence electrons. The zero-order chi connectivity index (χ0) is 10.5. The standard InChI is InChI=1S/C12H25NO/c1-3-5-6-7-8-10-13-11-9-12-14-4-2/h4,13H,2-3,5-12H2,1H3. The highest BCUT2D eigenvalue weighted by atomic mass is 16.5. The maximum atomic E-state index is 5.02. The second-order valence-corrected chi connectivity index (χ2v) is 3.56. The summed E-state index contributed by atoms with van der Waals surface area (Å²) in [4.78, 5) is 0. The highest BCUT2D eigenvalue weighted by Gasteiger charge is 1.89. The van der Waals surface area contributed by atoms with Crippen LogP contribution in [0.15, 0.2) is 12.8 Å². The van der Waals surface area contributed by atoms with Gasteiger partial charge in [0.25, 0.3) is 0 Å². The lowest BCUT2D eigenvalue weighted by atomic mass is 10.1. The smallest absolute Gasteiger partial charge is 0.0885 e. The molecule has 0 amide bonds. The van der Waals surface area contributed by atoms with E-state index in [0.29, 0.717) is 0 Å². The lowest BCUT2D eigenvalue weighted by molar-refractivity contribution is 0.244. The van der Waals surface area contributed by atoms with Crippen LogP contribution in [-0.2, 0) is 4.74 Å². The molecule has 14 heavy (non-hydrogen) atoms. The van der Waals surface area contributed by atoms with Crippen molar-refractivity contribution in [3.8, 4) is 0 Å². The molecule has 0 saturated carbocycles. The summed E-state index contributed by atoms with van der Waals surface area (Å²) in [6, 6.07) is 0. The molecule has 2 nitrogen and oxygen atoms in total. The lowest BCUT2D eigenvalue weighted by Gasteiger charge is -2.04. The Morgan fingerprint density at radius 2 is 1.79 bits per heavy atom.